The van der Waals surface area contributed by atoms with Gasteiger partial charge in [-0.25, -0.2) is 19.8 Å². The molecule has 10 aromatic rings. The van der Waals surface area contributed by atoms with Gasteiger partial charge in [-0.15, -0.1) is 0 Å². The molecule has 0 aliphatic carbocycles. The standard InChI is InChI=1S/C54H34N6/c1-35-12-11-17-41(30-35)42-26-29-50-48(31-42)45-18-9-10-19-49(45)60(50)51-46(37-22-20-36(34-55)21-23-37)32-43(33-47(51)38-24-27-44(56-2)28-25-38)54-58-52(39-13-5-3-6-14-39)57-53(59-54)40-15-7-4-8-16-40/h3-33H,1H3. The monoisotopic (exact) mass is 766 g/mol. The summed E-state index contributed by atoms with van der Waals surface area (Å²) in [6, 6.07) is 65.9. The van der Waals surface area contributed by atoms with Crippen LogP contribution in [0.3, 0.4) is 0 Å². The molecule has 0 saturated heterocycles. The number of rotatable bonds is 7. The molecule has 6 nitrogen and oxygen atoms in total. The highest BCUT2D eigenvalue weighted by atomic mass is 15.0. The Balaban J connectivity index is 1.31. The van der Waals surface area contributed by atoms with Gasteiger partial charge in [-0.1, -0.05) is 151 Å². The molecular weight excluding hydrogens is 733 g/mol. The van der Waals surface area contributed by atoms with Gasteiger partial charge in [0.25, 0.3) is 0 Å². The van der Waals surface area contributed by atoms with Gasteiger partial charge in [0.05, 0.1) is 34.9 Å². The van der Waals surface area contributed by atoms with Crippen LogP contribution >= 0.6 is 0 Å². The highest BCUT2D eigenvalue weighted by Gasteiger charge is 2.23. The highest BCUT2D eigenvalue weighted by molar-refractivity contribution is 6.12. The van der Waals surface area contributed by atoms with Crippen LogP contribution in [0.2, 0.25) is 0 Å². The Morgan fingerprint density at radius 1 is 0.467 bits per heavy atom. The van der Waals surface area contributed by atoms with Gasteiger partial charge in [0.15, 0.2) is 23.2 Å². The van der Waals surface area contributed by atoms with Crippen molar-refractivity contribution < 1.29 is 0 Å². The van der Waals surface area contributed by atoms with E-state index >= 15 is 0 Å². The summed E-state index contributed by atoms with van der Waals surface area (Å²) in [4.78, 5) is 19.0. The maximum atomic E-state index is 9.83. The summed E-state index contributed by atoms with van der Waals surface area (Å²) in [5, 5.41) is 12.1. The quantitative estimate of drug-likeness (QED) is 0.151. The molecule has 2 aromatic heterocycles. The van der Waals surface area contributed by atoms with E-state index in [1.54, 1.807) is 0 Å². The average molecular weight is 767 g/mol. The molecular formula is C54H34N6. The summed E-state index contributed by atoms with van der Waals surface area (Å²) in [6.07, 6.45) is 0. The van der Waals surface area contributed by atoms with Crippen LogP contribution in [-0.4, -0.2) is 19.5 Å². The average Bonchev–Trinajstić information content (AvgIpc) is 3.65. The van der Waals surface area contributed by atoms with Crippen LogP contribution in [0, 0.1) is 24.8 Å². The van der Waals surface area contributed by atoms with Crippen LogP contribution in [-0.2, 0) is 0 Å². The molecule has 0 saturated carbocycles. The van der Waals surface area contributed by atoms with Crippen molar-refractivity contribution in [2.24, 2.45) is 0 Å². The number of nitrogens with zero attached hydrogens (tertiary/aromatic N) is 6. The van der Waals surface area contributed by atoms with Gasteiger partial charge >= 0.3 is 0 Å². The predicted octanol–water partition coefficient (Wildman–Crippen LogP) is 13.7. The second-order valence-corrected chi connectivity index (χ2v) is 14.8. The van der Waals surface area contributed by atoms with Crippen LogP contribution < -0.4 is 0 Å². The predicted molar refractivity (Wildman–Crippen MR) is 242 cm³/mol. The lowest BCUT2D eigenvalue weighted by atomic mass is 9.92. The van der Waals surface area contributed by atoms with E-state index in [2.05, 4.69) is 101 Å². The highest BCUT2D eigenvalue weighted by Crippen LogP contribution is 2.44. The lowest BCUT2D eigenvalue weighted by Gasteiger charge is -2.21. The number of para-hydroxylation sites is 1. The number of aromatic nitrogens is 4. The molecule has 0 atom stereocenters. The molecule has 8 aromatic carbocycles. The van der Waals surface area contributed by atoms with E-state index in [9.17, 15) is 5.26 Å². The van der Waals surface area contributed by atoms with Gasteiger partial charge in [0, 0.05) is 38.6 Å². The number of hydrogen-bond donors (Lipinski definition) is 0. The Labute approximate surface area is 347 Å². The molecule has 280 valence electrons. The molecule has 10 rings (SSSR count). The van der Waals surface area contributed by atoms with Gasteiger partial charge in [0.1, 0.15) is 0 Å². The number of benzene rings is 8. The Hall–Kier alpha value is -8.45. The van der Waals surface area contributed by atoms with Crippen molar-refractivity contribution >= 4 is 27.5 Å². The molecule has 6 heteroatoms. The van der Waals surface area contributed by atoms with Crippen LogP contribution in [0.1, 0.15) is 11.1 Å². The third-order valence-electron chi connectivity index (χ3n) is 10.9. The number of nitriles is 1. The first-order chi connectivity index (χ1) is 29.5. The molecule has 0 fully saturated rings. The molecule has 0 unspecified atom stereocenters. The zero-order chi connectivity index (χ0) is 40.6. The van der Waals surface area contributed by atoms with Crippen molar-refractivity contribution in [1.29, 1.82) is 5.26 Å². The molecule has 0 N–H and O–H groups in total. The van der Waals surface area contributed by atoms with Crippen LogP contribution in [0.25, 0.3) is 99.9 Å². The van der Waals surface area contributed by atoms with Crippen molar-refractivity contribution in [2.45, 2.75) is 6.92 Å². The Morgan fingerprint density at radius 2 is 0.983 bits per heavy atom. The maximum Gasteiger partial charge on any atom is 0.187 e. The van der Waals surface area contributed by atoms with Crippen molar-refractivity contribution in [3.8, 4) is 79.3 Å². The van der Waals surface area contributed by atoms with Crippen LogP contribution in [0.5, 0.6) is 0 Å². The van der Waals surface area contributed by atoms with Crippen molar-refractivity contribution in [3.05, 3.63) is 211 Å². The van der Waals surface area contributed by atoms with Crippen LogP contribution in [0.4, 0.5) is 5.69 Å². The zero-order valence-electron chi connectivity index (χ0n) is 32.6. The number of fused-ring (bicyclic) bond motifs is 3. The summed E-state index contributed by atoms with van der Waals surface area (Å²) in [5.74, 6) is 1.66. The van der Waals surface area contributed by atoms with Crippen molar-refractivity contribution in [1.82, 2.24) is 19.5 Å². The third-order valence-corrected chi connectivity index (χ3v) is 10.9. The molecule has 0 amide bonds. The summed E-state index contributed by atoms with van der Waals surface area (Å²) in [6.45, 7) is 9.85. The molecule has 0 radical (unpaired) electrons. The summed E-state index contributed by atoms with van der Waals surface area (Å²) >= 11 is 0. The number of aryl methyl sites for hydroxylation is 1. The van der Waals surface area contributed by atoms with E-state index in [-0.39, 0.29) is 0 Å². The van der Waals surface area contributed by atoms with E-state index in [1.165, 1.54) is 11.1 Å². The lowest BCUT2D eigenvalue weighted by Crippen LogP contribution is -2.04. The maximum absolute atomic E-state index is 9.83. The zero-order valence-corrected chi connectivity index (χ0v) is 32.6. The van der Waals surface area contributed by atoms with Crippen molar-refractivity contribution in [3.63, 3.8) is 0 Å². The van der Waals surface area contributed by atoms with E-state index in [1.807, 2.05) is 109 Å². The lowest BCUT2D eigenvalue weighted by molar-refractivity contribution is 1.07. The SMILES string of the molecule is [C-]#[N+]c1ccc(-c2cc(-c3nc(-c4ccccc4)nc(-c4ccccc4)n3)cc(-c3ccc(C#N)cc3)c2-n2c3ccccc3c3cc(-c4cccc(C)c4)ccc32)cc1. The summed E-state index contributed by atoms with van der Waals surface area (Å²) < 4.78 is 2.36. The first-order valence-corrected chi connectivity index (χ1v) is 19.7. The minimum absolute atomic E-state index is 0.521. The smallest absolute Gasteiger partial charge is 0.187 e. The summed E-state index contributed by atoms with van der Waals surface area (Å²) in [5.41, 5.74) is 14.0. The van der Waals surface area contributed by atoms with Gasteiger partial charge < -0.3 is 4.57 Å². The first kappa shape index (κ1) is 35.9. The van der Waals surface area contributed by atoms with Gasteiger partial charge in [-0.3, -0.25) is 0 Å². The second kappa shape index (κ2) is 15.1. The third kappa shape index (κ3) is 6.55. The van der Waals surface area contributed by atoms with Gasteiger partial charge in [-0.2, -0.15) is 5.26 Å². The number of hydrogen-bond acceptors (Lipinski definition) is 4. The van der Waals surface area contributed by atoms with Crippen molar-refractivity contribution in [2.75, 3.05) is 0 Å². The minimum Gasteiger partial charge on any atom is -0.308 e. The molecule has 0 aliphatic rings. The topological polar surface area (TPSA) is 71.8 Å². The Bertz CT molecular complexity index is 3180. The fraction of sp³-hybridized carbons (Fsp3) is 0.0185. The largest absolute Gasteiger partial charge is 0.308 e. The van der Waals surface area contributed by atoms with Gasteiger partial charge in [0.2, 0.25) is 0 Å². The Morgan fingerprint density at radius 3 is 1.58 bits per heavy atom. The molecule has 0 bridgehead atoms. The molecule has 60 heavy (non-hydrogen) atoms. The van der Waals surface area contributed by atoms with E-state index in [4.69, 9.17) is 21.5 Å². The van der Waals surface area contributed by atoms with Crippen LogP contribution in [0.15, 0.2) is 188 Å². The molecule has 0 spiro atoms. The fourth-order valence-corrected chi connectivity index (χ4v) is 8.04. The van der Waals surface area contributed by atoms with E-state index < -0.39 is 0 Å². The normalized spacial score (nSPS) is 11.1. The first-order valence-electron chi connectivity index (χ1n) is 19.7. The second-order valence-electron chi connectivity index (χ2n) is 14.8. The summed E-state index contributed by atoms with van der Waals surface area (Å²) in [7, 11) is 0. The van der Waals surface area contributed by atoms with E-state index in [0.29, 0.717) is 28.7 Å². The molecule has 2 heterocycles. The minimum atomic E-state index is 0.521. The fourth-order valence-electron chi connectivity index (χ4n) is 8.04. The molecule has 0 aliphatic heterocycles. The Kier molecular flexibility index (Phi) is 9.06. The van der Waals surface area contributed by atoms with E-state index in [0.717, 1.165) is 72.0 Å². The van der Waals surface area contributed by atoms with Gasteiger partial charge in [-0.05, 0) is 71.6 Å².